The fraction of sp³-hybridized carbons (Fsp3) is 0.250. The van der Waals surface area contributed by atoms with Gasteiger partial charge in [-0.25, -0.2) is 4.98 Å². The third-order valence-corrected chi connectivity index (χ3v) is 3.21. The normalized spacial score (nSPS) is 13.2. The molecule has 1 aromatic carbocycles. The van der Waals surface area contributed by atoms with Gasteiger partial charge in [-0.3, -0.25) is 4.79 Å². The van der Waals surface area contributed by atoms with Gasteiger partial charge < -0.3 is 15.6 Å². The van der Waals surface area contributed by atoms with Crippen molar-refractivity contribution in [2.45, 2.75) is 18.5 Å². The molecule has 5 heteroatoms. The van der Waals surface area contributed by atoms with Gasteiger partial charge in [-0.15, -0.1) is 12.3 Å². The summed E-state index contributed by atoms with van der Waals surface area (Å²) < 4.78 is 1.87. The lowest BCUT2D eigenvalue weighted by Gasteiger charge is -2.20. The summed E-state index contributed by atoms with van der Waals surface area (Å²) in [6.07, 6.45) is 8.93. The highest BCUT2D eigenvalue weighted by Crippen LogP contribution is 2.20. The lowest BCUT2D eigenvalue weighted by atomic mass is 10.1. The number of aryl methyl sites for hydroxylation is 1. The minimum Gasteiger partial charge on any atom is -0.341 e. The number of carbonyl (C=O) groups is 1. The Morgan fingerprint density at radius 1 is 1.48 bits per heavy atom. The minimum absolute atomic E-state index is 0.202. The molecule has 2 rings (SSSR count). The number of amides is 1. The molecule has 1 amide bonds. The first-order valence-electron chi connectivity index (χ1n) is 6.65. The number of terminal acetylenes is 1. The van der Waals surface area contributed by atoms with E-state index in [1.54, 1.807) is 6.20 Å². The van der Waals surface area contributed by atoms with Crippen molar-refractivity contribution in [1.82, 2.24) is 14.9 Å². The summed E-state index contributed by atoms with van der Waals surface area (Å²) in [7, 11) is 1.88. The molecule has 0 fully saturated rings. The Labute approximate surface area is 124 Å². The average Bonchev–Trinajstić information content (AvgIpc) is 2.91. The smallest absolute Gasteiger partial charge is 0.238 e. The van der Waals surface area contributed by atoms with Gasteiger partial charge in [0.15, 0.2) is 0 Å². The SMILES string of the molecule is C#CCC(N)C(=O)NC(c1ccccc1)c1nccn1C. The van der Waals surface area contributed by atoms with Crippen molar-refractivity contribution in [2.24, 2.45) is 12.8 Å². The zero-order valence-electron chi connectivity index (χ0n) is 11.9. The molecule has 2 unspecified atom stereocenters. The predicted octanol–water partition coefficient (Wildman–Crippen LogP) is 0.976. The van der Waals surface area contributed by atoms with Crippen LogP contribution in [0.3, 0.4) is 0 Å². The number of nitrogens with zero attached hydrogens (tertiary/aromatic N) is 2. The molecule has 0 aliphatic rings. The second kappa shape index (κ2) is 6.73. The van der Waals surface area contributed by atoms with Crippen molar-refractivity contribution in [3.05, 3.63) is 54.1 Å². The van der Waals surface area contributed by atoms with Gasteiger partial charge in [-0.1, -0.05) is 30.3 Å². The summed E-state index contributed by atoms with van der Waals surface area (Å²) in [6.45, 7) is 0. The maximum atomic E-state index is 12.2. The van der Waals surface area contributed by atoms with Crippen LogP contribution in [0.2, 0.25) is 0 Å². The molecule has 3 N–H and O–H groups in total. The molecule has 0 aliphatic carbocycles. The molecule has 2 atom stereocenters. The van der Waals surface area contributed by atoms with E-state index in [9.17, 15) is 4.79 Å². The highest BCUT2D eigenvalue weighted by molar-refractivity contribution is 5.82. The topological polar surface area (TPSA) is 72.9 Å². The van der Waals surface area contributed by atoms with Crippen LogP contribution in [-0.2, 0) is 11.8 Å². The highest BCUT2D eigenvalue weighted by atomic mass is 16.2. The molecule has 108 valence electrons. The largest absolute Gasteiger partial charge is 0.341 e. The number of rotatable bonds is 5. The molecule has 5 nitrogen and oxygen atoms in total. The Hall–Kier alpha value is -2.58. The molecule has 0 radical (unpaired) electrons. The van der Waals surface area contributed by atoms with Crippen LogP contribution in [0, 0.1) is 12.3 Å². The first-order chi connectivity index (χ1) is 10.1. The summed E-state index contributed by atoms with van der Waals surface area (Å²) in [5, 5.41) is 2.92. The molecule has 0 bridgehead atoms. The van der Waals surface area contributed by atoms with Gasteiger partial charge in [-0.05, 0) is 5.56 Å². The van der Waals surface area contributed by atoms with E-state index >= 15 is 0 Å². The van der Waals surface area contributed by atoms with E-state index in [0.29, 0.717) is 0 Å². The number of nitrogens with one attached hydrogen (secondary N) is 1. The fourth-order valence-corrected chi connectivity index (χ4v) is 2.07. The number of carbonyl (C=O) groups excluding carboxylic acids is 1. The van der Waals surface area contributed by atoms with Crippen LogP contribution in [0.5, 0.6) is 0 Å². The molecule has 0 aliphatic heterocycles. The fourth-order valence-electron chi connectivity index (χ4n) is 2.07. The molecule has 1 heterocycles. The van der Waals surface area contributed by atoms with Crippen molar-refractivity contribution in [3.8, 4) is 12.3 Å². The van der Waals surface area contributed by atoms with Gasteiger partial charge in [0.05, 0.1) is 6.04 Å². The summed E-state index contributed by atoms with van der Waals surface area (Å²) in [4.78, 5) is 16.5. The van der Waals surface area contributed by atoms with Gasteiger partial charge in [0.25, 0.3) is 0 Å². The first-order valence-corrected chi connectivity index (χ1v) is 6.65. The lowest BCUT2D eigenvalue weighted by molar-refractivity contribution is -0.122. The van der Waals surface area contributed by atoms with Crippen molar-refractivity contribution in [2.75, 3.05) is 0 Å². The van der Waals surface area contributed by atoms with Crippen molar-refractivity contribution < 1.29 is 4.79 Å². The number of aromatic nitrogens is 2. The van der Waals surface area contributed by atoms with Crippen LogP contribution in [0.4, 0.5) is 0 Å². The Morgan fingerprint density at radius 2 is 2.19 bits per heavy atom. The second-order valence-corrected chi connectivity index (χ2v) is 4.76. The average molecular weight is 282 g/mol. The van der Waals surface area contributed by atoms with Crippen molar-refractivity contribution >= 4 is 5.91 Å². The third kappa shape index (κ3) is 3.50. The van der Waals surface area contributed by atoms with E-state index < -0.39 is 6.04 Å². The van der Waals surface area contributed by atoms with Crippen LogP contribution < -0.4 is 11.1 Å². The quantitative estimate of drug-likeness (QED) is 0.803. The van der Waals surface area contributed by atoms with Crippen LogP contribution in [-0.4, -0.2) is 21.5 Å². The van der Waals surface area contributed by atoms with E-state index in [1.165, 1.54) is 0 Å². The van der Waals surface area contributed by atoms with E-state index in [4.69, 9.17) is 12.2 Å². The number of hydrogen-bond acceptors (Lipinski definition) is 3. The zero-order valence-corrected chi connectivity index (χ0v) is 11.9. The molecule has 2 aromatic rings. The number of benzene rings is 1. The van der Waals surface area contributed by atoms with Crippen LogP contribution >= 0.6 is 0 Å². The van der Waals surface area contributed by atoms with Crippen LogP contribution in [0.25, 0.3) is 0 Å². The van der Waals surface area contributed by atoms with Gasteiger partial charge in [-0.2, -0.15) is 0 Å². The Balaban J connectivity index is 2.28. The van der Waals surface area contributed by atoms with Crippen molar-refractivity contribution in [3.63, 3.8) is 0 Å². The van der Waals surface area contributed by atoms with Crippen LogP contribution in [0.15, 0.2) is 42.7 Å². The van der Waals surface area contributed by atoms with Gasteiger partial charge >= 0.3 is 0 Å². The van der Waals surface area contributed by atoms with E-state index in [-0.39, 0.29) is 18.4 Å². The molecular weight excluding hydrogens is 264 g/mol. The van der Waals surface area contributed by atoms with Gasteiger partial charge in [0, 0.05) is 25.9 Å². The maximum Gasteiger partial charge on any atom is 0.238 e. The zero-order chi connectivity index (χ0) is 15.2. The minimum atomic E-state index is -0.721. The molecule has 0 saturated carbocycles. The summed E-state index contributed by atoms with van der Waals surface area (Å²) in [5.74, 6) is 2.85. The molecule has 1 aromatic heterocycles. The van der Waals surface area contributed by atoms with E-state index in [1.807, 2.05) is 48.1 Å². The Bertz CT molecular complexity index is 642. The maximum absolute atomic E-state index is 12.2. The molecule has 0 spiro atoms. The number of nitrogens with two attached hydrogens (primary N) is 1. The summed E-state index contributed by atoms with van der Waals surface area (Å²) in [6, 6.07) is 8.55. The Kier molecular flexibility index (Phi) is 4.75. The third-order valence-electron chi connectivity index (χ3n) is 3.21. The molecule has 21 heavy (non-hydrogen) atoms. The number of hydrogen-bond donors (Lipinski definition) is 2. The first kappa shape index (κ1) is 14.8. The van der Waals surface area contributed by atoms with Crippen molar-refractivity contribution in [1.29, 1.82) is 0 Å². The van der Waals surface area contributed by atoms with Gasteiger partial charge in [0.2, 0.25) is 5.91 Å². The lowest BCUT2D eigenvalue weighted by Crippen LogP contribution is -2.42. The summed E-state index contributed by atoms with van der Waals surface area (Å²) in [5.41, 5.74) is 6.70. The number of imidazole rings is 1. The van der Waals surface area contributed by atoms with Crippen LogP contribution in [0.1, 0.15) is 23.9 Å². The highest BCUT2D eigenvalue weighted by Gasteiger charge is 2.23. The van der Waals surface area contributed by atoms with E-state index in [2.05, 4.69) is 16.2 Å². The monoisotopic (exact) mass is 282 g/mol. The Morgan fingerprint density at radius 3 is 2.76 bits per heavy atom. The second-order valence-electron chi connectivity index (χ2n) is 4.76. The van der Waals surface area contributed by atoms with Gasteiger partial charge in [0.1, 0.15) is 11.9 Å². The molecule has 0 saturated heterocycles. The molecular formula is C16H18N4O. The van der Waals surface area contributed by atoms with E-state index in [0.717, 1.165) is 11.4 Å². The summed E-state index contributed by atoms with van der Waals surface area (Å²) >= 11 is 0. The standard InChI is InChI=1S/C16H18N4O/c1-3-7-13(17)16(21)19-14(12-8-5-4-6-9-12)15-18-10-11-20(15)2/h1,4-6,8-11,13-14H,7,17H2,2H3,(H,19,21). The predicted molar refractivity (Wildman–Crippen MR) is 81.1 cm³/mol.